The van der Waals surface area contributed by atoms with Crippen molar-refractivity contribution in [3.63, 3.8) is 0 Å². The number of halogens is 1. The van der Waals surface area contributed by atoms with Crippen molar-refractivity contribution in [2.75, 3.05) is 10.6 Å². The molecular weight excluding hydrogens is 391 g/mol. The molecule has 8 nitrogen and oxygen atoms in total. The van der Waals surface area contributed by atoms with E-state index < -0.39 is 34.4 Å². The molecule has 0 saturated carbocycles. The Kier molecular flexibility index (Phi) is 4.74. The zero-order valence-corrected chi connectivity index (χ0v) is 17.1. The van der Waals surface area contributed by atoms with Crippen molar-refractivity contribution in [3.05, 3.63) is 67.4 Å². The fourth-order valence-corrected chi connectivity index (χ4v) is 3.61. The largest absolute Gasteiger partial charge is 0.444 e. The number of aliphatic hydroxyl groups is 1. The molecule has 1 aromatic heterocycles. The van der Waals surface area contributed by atoms with Crippen LogP contribution in [0.4, 0.5) is 21.5 Å². The van der Waals surface area contributed by atoms with Gasteiger partial charge in [0.1, 0.15) is 35.2 Å². The van der Waals surface area contributed by atoms with Crippen LogP contribution in [0.1, 0.15) is 55.8 Å². The lowest BCUT2D eigenvalue weighted by molar-refractivity contribution is 0.152. The zero-order valence-electron chi connectivity index (χ0n) is 17.1. The number of aromatic nitrogens is 1. The first-order valence-electron chi connectivity index (χ1n) is 9.60. The molecule has 4 rings (SSSR count). The highest BCUT2D eigenvalue weighted by molar-refractivity contribution is 5.80. The molecule has 1 aliphatic heterocycles. The second-order valence-electron chi connectivity index (χ2n) is 8.56. The molecule has 1 aliphatic rings. The summed E-state index contributed by atoms with van der Waals surface area (Å²) in [6.07, 6.45) is 0.507. The van der Waals surface area contributed by atoms with Crippen LogP contribution in [0.5, 0.6) is 0 Å². The first kappa shape index (κ1) is 20.2. The van der Waals surface area contributed by atoms with Crippen LogP contribution in [0.2, 0.25) is 0 Å². The van der Waals surface area contributed by atoms with E-state index in [1.807, 2.05) is 20.8 Å². The lowest BCUT2D eigenvalue weighted by Gasteiger charge is -2.31. The van der Waals surface area contributed by atoms with E-state index in [4.69, 9.17) is 4.42 Å². The lowest BCUT2D eigenvalue weighted by Crippen LogP contribution is -2.39. The molecule has 0 fully saturated rings. The number of anilines is 3. The maximum absolute atomic E-state index is 14.5. The van der Waals surface area contributed by atoms with Crippen LogP contribution < -0.4 is 26.8 Å². The number of benzene rings is 1. The van der Waals surface area contributed by atoms with Crippen LogP contribution in [0.3, 0.4) is 0 Å². The molecule has 2 atom stereocenters. The minimum Gasteiger partial charge on any atom is -0.444 e. The van der Waals surface area contributed by atoms with E-state index >= 15 is 0 Å². The Labute approximate surface area is 171 Å². The van der Waals surface area contributed by atoms with Gasteiger partial charge in [-0.3, -0.25) is 14.9 Å². The van der Waals surface area contributed by atoms with Gasteiger partial charge < -0.3 is 20.2 Å². The molecule has 0 bridgehead atoms. The maximum Gasteiger partial charge on any atom is 0.253 e. The Morgan fingerprint density at radius 2 is 1.93 bits per heavy atom. The number of fused-ring (bicyclic) bond motifs is 1. The Bertz CT molecular complexity index is 1190. The molecule has 158 valence electrons. The van der Waals surface area contributed by atoms with Crippen molar-refractivity contribution in [3.8, 4) is 0 Å². The average Bonchev–Trinajstić information content (AvgIpc) is 3.27. The topological polar surface area (TPSA) is 116 Å². The average molecular weight is 414 g/mol. The molecule has 2 heterocycles. The molecule has 0 aliphatic carbocycles. The number of hydrogen-bond donors (Lipinski definition) is 4. The van der Waals surface area contributed by atoms with E-state index in [0.29, 0.717) is 29.3 Å². The molecule has 1 unspecified atom stereocenters. The summed E-state index contributed by atoms with van der Waals surface area (Å²) in [5.74, 6) is 0.365. The van der Waals surface area contributed by atoms with Crippen LogP contribution in [0.25, 0.3) is 0 Å². The third kappa shape index (κ3) is 3.29. The Morgan fingerprint density at radius 1 is 1.23 bits per heavy atom. The summed E-state index contributed by atoms with van der Waals surface area (Å²) >= 11 is 0. The molecule has 30 heavy (non-hydrogen) atoms. The molecule has 2 aromatic carbocycles. The second kappa shape index (κ2) is 7.03. The summed E-state index contributed by atoms with van der Waals surface area (Å²) in [6.45, 7) is 7.95. The molecule has 4 N–H and O–H groups in total. The summed E-state index contributed by atoms with van der Waals surface area (Å²) in [5, 5.41) is 18.8. The Morgan fingerprint density at radius 3 is 2.57 bits per heavy atom. The first-order chi connectivity index (χ1) is 14.1. The normalized spacial score (nSPS) is 17.2. The second-order valence-corrected chi connectivity index (χ2v) is 8.56. The van der Waals surface area contributed by atoms with Crippen molar-refractivity contribution >= 4 is 17.1 Å². The zero-order chi connectivity index (χ0) is 21.8. The van der Waals surface area contributed by atoms with Gasteiger partial charge in [0.25, 0.3) is 10.9 Å². The first-order valence-corrected chi connectivity index (χ1v) is 9.60. The van der Waals surface area contributed by atoms with E-state index in [1.165, 1.54) is 6.07 Å². The number of aryl methyl sites for hydroxylation is 1. The van der Waals surface area contributed by atoms with E-state index in [9.17, 15) is 19.1 Å². The van der Waals surface area contributed by atoms with Gasteiger partial charge in [0.15, 0.2) is 0 Å². The van der Waals surface area contributed by atoms with Crippen LogP contribution in [0.15, 0.2) is 32.3 Å². The number of oxazole rings is 1. The van der Waals surface area contributed by atoms with Crippen LogP contribution in [0, 0.1) is 18.2 Å². The van der Waals surface area contributed by atoms with Crippen molar-refractivity contribution in [2.24, 2.45) is 5.41 Å². The number of nitrogens with zero attached hydrogens (tertiary/aromatic N) is 1. The third-order valence-electron chi connectivity index (χ3n) is 5.25. The van der Waals surface area contributed by atoms with E-state index in [2.05, 4.69) is 20.9 Å². The SMILES string of the molecule is Cc1cnc([C@H](Nc2c(Nc3c(F)ccc4c3C(O)NC4)c(=O)c2=O)C(C)(C)C)o1. The minimum atomic E-state index is -1.07. The summed E-state index contributed by atoms with van der Waals surface area (Å²) < 4.78 is 20.2. The standard InChI is InChI=1S/C21H23FN4O4/c1-9-7-24-20(30-9)18(21(2,3)4)26-15-14(16(27)17(15)28)25-13-11(22)6-5-10-8-23-19(29)12(10)13/h5-7,18-19,23,25-26,29H,8H2,1-4H3/t18-,19?/m0/s1. The molecule has 0 amide bonds. The number of nitrogens with one attached hydrogen (secondary N) is 3. The van der Waals surface area contributed by atoms with Crippen LogP contribution in [-0.2, 0) is 6.54 Å². The van der Waals surface area contributed by atoms with Gasteiger partial charge in [0, 0.05) is 12.1 Å². The minimum absolute atomic E-state index is 0.0283. The maximum atomic E-state index is 14.5. The van der Waals surface area contributed by atoms with Crippen LogP contribution in [-0.4, -0.2) is 10.1 Å². The summed E-state index contributed by atoms with van der Waals surface area (Å²) in [7, 11) is 0. The lowest BCUT2D eigenvalue weighted by atomic mass is 9.86. The van der Waals surface area contributed by atoms with E-state index in [0.717, 1.165) is 0 Å². The van der Waals surface area contributed by atoms with Gasteiger partial charge >= 0.3 is 0 Å². The van der Waals surface area contributed by atoms with Crippen LogP contribution >= 0.6 is 0 Å². The monoisotopic (exact) mass is 414 g/mol. The van der Waals surface area contributed by atoms with Gasteiger partial charge in [-0.15, -0.1) is 0 Å². The number of aliphatic hydroxyl groups excluding tert-OH is 1. The van der Waals surface area contributed by atoms with Crippen molar-refractivity contribution in [1.29, 1.82) is 0 Å². The number of rotatable bonds is 5. The van der Waals surface area contributed by atoms with Crippen molar-refractivity contribution < 1.29 is 13.9 Å². The smallest absolute Gasteiger partial charge is 0.253 e. The molecule has 0 radical (unpaired) electrons. The van der Waals surface area contributed by atoms with Crippen molar-refractivity contribution in [2.45, 2.75) is 46.5 Å². The third-order valence-corrected chi connectivity index (χ3v) is 5.25. The Balaban J connectivity index is 1.71. The van der Waals surface area contributed by atoms with Gasteiger partial charge in [-0.05, 0) is 24.0 Å². The highest BCUT2D eigenvalue weighted by Crippen LogP contribution is 2.39. The molecule has 3 aromatic rings. The highest BCUT2D eigenvalue weighted by atomic mass is 19.1. The quantitative estimate of drug-likeness (QED) is 0.471. The van der Waals surface area contributed by atoms with Crippen molar-refractivity contribution in [1.82, 2.24) is 10.3 Å². The van der Waals surface area contributed by atoms with Gasteiger partial charge in [-0.2, -0.15) is 0 Å². The van der Waals surface area contributed by atoms with Gasteiger partial charge in [0.2, 0.25) is 5.89 Å². The number of hydrogen-bond acceptors (Lipinski definition) is 8. The highest BCUT2D eigenvalue weighted by Gasteiger charge is 2.35. The molecule has 0 spiro atoms. The summed E-state index contributed by atoms with van der Waals surface area (Å²) in [5.41, 5.74) is -0.884. The van der Waals surface area contributed by atoms with Gasteiger partial charge in [-0.25, -0.2) is 9.37 Å². The fraction of sp³-hybridized carbons (Fsp3) is 0.381. The molecular formula is C21H23FN4O4. The predicted octanol–water partition coefficient (Wildman–Crippen LogP) is 2.76. The van der Waals surface area contributed by atoms with E-state index in [-0.39, 0.29) is 17.1 Å². The molecule has 0 saturated heterocycles. The Hall–Kier alpha value is -3.04. The van der Waals surface area contributed by atoms with E-state index in [1.54, 1.807) is 19.2 Å². The van der Waals surface area contributed by atoms with Gasteiger partial charge in [-0.1, -0.05) is 26.8 Å². The predicted molar refractivity (Wildman–Crippen MR) is 110 cm³/mol. The summed E-state index contributed by atoms with van der Waals surface area (Å²) in [6, 6.07) is 2.32. The summed E-state index contributed by atoms with van der Waals surface area (Å²) in [4.78, 5) is 28.9. The van der Waals surface area contributed by atoms with Gasteiger partial charge in [0.05, 0.1) is 11.9 Å². The molecule has 9 heteroatoms. The fourth-order valence-electron chi connectivity index (χ4n) is 3.61.